The van der Waals surface area contributed by atoms with Crippen LogP contribution in [0.3, 0.4) is 0 Å². The SMILES string of the molecule is Cc1cc(C=NN=C(N)N)c2ccccc2n1. The number of benzene rings is 1. The molecule has 0 aliphatic heterocycles. The summed E-state index contributed by atoms with van der Waals surface area (Å²) in [5.41, 5.74) is 13.2. The van der Waals surface area contributed by atoms with E-state index >= 15 is 0 Å². The van der Waals surface area contributed by atoms with Gasteiger partial charge in [0, 0.05) is 16.6 Å². The molecule has 2 aromatic rings. The van der Waals surface area contributed by atoms with Crippen molar-refractivity contribution >= 4 is 23.1 Å². The van der Waals surface area contributed by atoms with Crippen LogP contribution >= 0.6 is 0 Å². The molecule has 0 saturated carbocycles. The summed E-state index contributed by atoms with van der Waals surface area (Å²) in [6, 6.07) is 9.79. The van der Waals surface area contributed by atoms with E-state index in [1.165, 1.54) is 0 Å². The number of nitrogens with two attached hydrogens (primary N) is 2. The van der Waals surface area contributed by atoms with Gasteiger partial charge in [0.05, 0.1) is 11.7 Å². The lowest BCUT2D eigenvalue weighted by Gasteiger charge is -2.02. The summed E-state index contributed by atoms with van der Waals surface area (Å²) in [4.78, 5) is 4.43. The fourth-order valence-corrected chi connectivity index (χ4v) is 1.60. The van der Waals surface area contributed by atoms with Crippen molar-refractivity contribution in [2.75, 3.05) is 0 Å². The summed E-state index contributed by atoms with van der Waals surface area (Å²) in [6.45, 7) is 1.93. The number of aromatic nitrogens is 1. The van der Waals surface area contributed by atoms with E-state index in [0.717, 1.165) is 22.2 Å². The predicted octanol–water partition coefficient (Wildman–Crippen LogP) is 1.15. The molecule has 17 heavy (non-hydrogen) atoms. The van der Waals surface area contributed by atoms with Gasteiger partial charge in [-0.3, -0.25) is 4.98 Å². The second-order valence-electron chi connectivity index (χ2n) is 3.64. The van der Waals surface area contributed by atoms with Gasteiger partial charge in [-0.2, -0.15) is 5.10 Å². The summed E-state index contributed by atoms with van der Waals surface area (Å²) in [5, 5.41) is 8.42. The molecule has 0 fully saturated rings. The van der Waals surface area contributed by atoms with Crippen molar-refractivity contribution in [1.82, 2.24) is 4.98 Å². The standard InChI is InChI=1S/C12H13N5/c1-8-6-9(7-15-17-12(13)14)10-4-2-3-5-11(10)16-8/h2-7H,1H3,(H4,13,14,17). The van der Waals surface area contributed by atoms with Crippen LogP contribution in [0.5, 0.6) is 0 Å². The van der Waals surface area contributed by atoms with Crippen LogP contribution < -0.4 is 11.5 Å². The predicted molar refractivity (Wildman–Crippen MR) is 69.9 cm³/mol. The molecule has 2 rings (SSSR count). The van der Waals surface area contributed by atoms with E-state index in [-0.39, 0.29) is 5.96 Å². The van der Waals surface area contributed by atoms with Crippen molar-refractivity contribution in [2.45, 2.75) is 6.92 Å². The Morgan fingerprint density at radius 3 is 2.82 bits per heavy atom. The Bertz CT molecular complexity index is 597. The Labute approximate surface area is 98.9 Å². The van der Waals surface area contributed by atoms with Gasteiger partial charge in [-0.25, -0.2) is 0 Å². The summed E-state index contributed by atoms with van der Waals surface area (Å²) < 4.78 is 0. The second kappa shape index (κ2) is 4.61. The van der Waals surface area contributed by atoms with Crippen LogP contribution in [0.15, 0.2) is 40.5 Å². The lowest BCUT2D eigenvalue weighted by atomic mass is 10.1. The van der Waals surface area contributed by atoms with Gasteiger partial charge in [0.15, 0.2) is 0 Å². The molecule has 1 aromatic carbocycles. The van der Waals surface area contributed by atoms with E-state index < -0.39 is 0 Å². The number of fused-ring (bicyclic) bond motifs is 1. The molecular weight excluding hydrogens is 214 g/mol. The van der Waals surface area contributed by atoms with E-state index in [1.807, 2.05) is 37.3 Å². The van der Waals surface area contributed by atoms with Crippen molar-refractivity contribution in [2.24, 2.45) is 21.7 Å². The van der Waals surface area contributed by atoms with Gasteiger partial charge in [0.2, 0.25) is 5.96 Å². The van der Waals surface area contributed by atoms with Crippen molar-refractivity contribution < 1.29 is 0 Å². The summed E-state index contributed by atoms with van der Waals surface area (Å²) in [6.07, 6.45) is 1.62. The highest BCUT2D eigenvalue weighted by molar-refractivity contribution is 5.98. The van der Waals surface area contributed by atoms with Gasteiger partial charge in [-0.1, -0.05) is 18.2 Å². The molecule has 4 N–H and O–H groups in total. The zero-order chi connectivity index (χ0) is 12.3. The smallest absolute Gasteiger partial charge is 0.211 e. The molecule has 5 heteroatoms. The summed E-state index contributed by atoms with van der Waals surface area (Å²) >= 11 is 0. The molecule has 86 valence electrons. The van der Waals surface area contributed by atoms with E-state index in [1.54, 1.807) is 6.21 Å². The molecule has 1 heterocycles. The van der Waals surface area contributed by atoms with Crippen LogP contribution in [-0.2, 0) is 0 Å². The Balaban J connectivity index is 2.52. The van der Waals surface area contributed by atoms with Gasteiger partial charge in [0.1, 0.15) is 0 Å². The number of guanidine groups is 1. The van der Waals surface area contributed by atoms with Crippen molar-refractivity contribution in [1.29, 1.82) is 0 Å². The van der Waals surface area contributed by atoms with Crippen LogP contribution in [-0.4, -0.2) is 17.2 Å². The average Bonchev–Trinajstić information content (AvgIpc) is 2.28. The number of hydrogen-bond donors (Lipinski definition) is 2. The van der Waals surface area contributed by atoms with Gasteiger partial charge in [-0.05, 0) is 19.1 Å². The zero-order valence-corrected chi connectivity index (χ0v) is 9.46. The Morgan fingerprint density at radius 2 is 2.06 bits per heavy atom. The van der Waals surface area contributed by atoms with E-state index in [0.29, 0.717) is 0 Å². The molecule has 0 amide bonds. The van der Waals surface area contributed by atoms with Gasteiger partial charge >= 0.3 is 0 Å². The molecule has 0 aliphatic rings. The number of nitrogens with zero attached hydrogens (tertiary/aromatic N) is 3. The molecule has 1 aromatic heterocycles. The number of para-hydroxylation sites is 1. The number of pyridine rings is 1. The molecule has 0 unspecified atom stereocenters. The van der Waals surface area contributed by atoms with Gasteiger partial charge < -0.3 is 11.5 Å². The first-order valence-corrected chi connectivity index (χ1v) is 5.15. The molecular formula is C12H13N5. The van der Waals surface area contributed by atoms with E-state index in [2.05, 4.69) is 15.2 Å². The average molecular weight is 227 g/mol. The number of aryl methyl sites for hydroxylation is 1. The zero-order valence-electron chi connectivity index (χ0n) is 9.46. The molecule has 0 radical (unpaired) electrons. The fourth-order valence-electron chi connectivity index (χ4n) is 1.60. The van der Waals surface area contributed by atoms with Gasteiger partial charge in [-0.15, -0.1) is 5.10 Å². The minimum absolute atomic E-state index is 0.0590. The maximum absolute atomic E-state index is 5.20. The highest BCUT2D eigenvalue weighted by Gasteiger charge is 2.00. The summed E-state index contributed by atoms with van der Waals surface area (Å²) in [5.74, 6) is -0.0590. The normalized spacial score (nSPS) is 10.9. The number of rotatable bonds is 2. The topological polar surface area (TPSA) is 89.6 Å². The summed E-state index contributed by atoms with van der Waals surface area (Å²) in [7, 11) is 0. The van der Waals surface area contributed by atoms with Gasteiger partial charge in [0.25, 0.3) is 0 Å². The first-order valence-electron chi connectivity index (χ1n) is 5.15. The third-order valence-electron chi connectivity index (χ3n) is 2.25. The Kier molecular flexibility index (Phi) is 3.00. The highest BCUT2D eigenvalue weighted by atomic mass is 15.3. The minimum atomic E-state index is -0.0590. The minimum Gasteiger partial charge on any atom is -0.369 e. The van der Waals surface area contributed by atoms with Crippen LogP contribution in [0.4, 0.5) is 0 Å². The quantitative estimate of drug-likeness (QED) is 0.458. The Morgan fingerprint density at radius 1 is 1.29 bits per heavy atom. The van der Waals surface area contributed by atoms with Crippen molar-refractivity contribution in [3.05, 3.63) is 41.6 Å². The lowest BCUT2D eigenvalue weighted by Crippen LogP contribution is -2.21. The Hall–Kier alpha value is -2.43. The highest BCUT2D eigenvalue weighted by Crippen LogP contribution is 2.16. The first-order chi connectivity index (χ1) is 8.16. The van der Waals surface area contributed by atoms with E-state index in [4.69, 9.17) is 11.5 Å². The maximum Gasteiger partial charge on any atom is 0.211 e. The van der Waals surface area contributed by atoms with Crippen LogP contribution in [0.25, 0.3) is 10.9 Å². The number of hydrogen-bond acceptors (Lipinski definition) is 3. The third kappa shape index (κ3) is 2.57. The monoisotopic (exact) mass is 227 g/mol. The van der Waals surface area contributed by atoms with E-state index in [9.17, 15) is 0 Å². The lowest BCUT2D eigenvalue weighted by molar-refractivity contribution is 1.21. The van der Waals surface area contributed by atoms with Crippen LogP contribution in [0, 0.1) is 6.92 Å². The third-order valence-corrected chi connectivity index (χ3v) is 2.25. The molecule has 0 spiro atoms. The maximum atomic E-state index is 5.20. The second-order valence-corrected chi connectivity index (χ2v) is 3.64. The fraction of sp³-hybridized carbons (Fsp3) is 0.0833. The largest absolute Gasteiger partial charge is 0.369 e. The van der Waals surface area contributed by atoms with Crippen LogP contribution in [0.1, 0.15) is 11.3 Å². The molecule has 0 saturated heterocycles. The molecule has 0 aliphatic carbocycles. The molecule has 5 nitrogen and oxygen atoms in total. The van der Waals surface area contributed by atoms with Crippen molar-refractivity contribution in [3.63, 3.8) is 0 Å². The first kappa shape index (κ1) is 11.1. The van der Waals surface area contributed by atoms with Crippen LogP contribution in [0.2, 0.25) is 0 Å². The molecule has 0 atom stereocenters. The molecule has 0 bridgehead atoms. The van der Waals surface area contributed by atoms with Crippen molar-refractivity contribution in [3.8, 4) is 0 Å².